The van der Waals surface area contributed by atoms with E-state index in [9.17, 15) is 0 Å². The summed E-state index contributed by atoms with van der Waals surface area (Å²) in [6, 6.07) is 6.56. The third kappa shape index (κ3) is 1.42. The van der Waals surface area contributed by atoms with Gasteiger partial charge in [-0.3, -0.25) is 0 Å². The van der Waals surface area contributed by atoms with Gasteiger partial charge in [0.2, 0.25) is 0 Å². The molecule has 0 spiro atoms. The molecule has 0 fully saturated rings. The quantitative estimate of drug-likeness (QED) is 0.754. The molecule has 1 heterocycles. The number of nitrogens with one attached hydrogen (secondary N) is 1. The Morgan fingerprint density at radius 3 is 3.13 bits per heavy atom. The van der Waals surface area contributed by atoms with E-state index in [4.69, 9.17) is 5.73 Å². The highest BCUT2D eigenvalue weighted by molar-refractivity contribution is 9.10. The summed E-state index contributed by atoms with van der Waals surface area (Å²) in [4.78, 5) is 3.45. The van der Waals surface area contributed by atoms with E-state index >= 15 is 0 Å². The minimum absolute atomic E-state index is 0.194. The number of hydrogen-bond acceptors (Lipinski definition) is 1. The van der Waals surface area contributed by atoms with Crippen molar-refractivity contribution in [1.29, 1.82) is 0 Å². The van der Waals surface area contributed by atoms with Crippen LogP contribution in [-0.2, 0) is 6.42 Å². The number of fused-ring (bicyclic) bond motifs is 3. The van der Waals surface area contributed by atoms with Crippen LogP contribution in [0.25, 0.3) is 10.9 Å². The first-order valence-electron chi connectivity index (χ1n) is 5.31. The van der Waals surface area contributed by atoms with E-state index in [2.05, 4.69) is 39.1 Å². The van der Waals surface area contributed by atoms with E-state index in [0.717, 1.165) is 17.3 Å². The van der Waals surface area contributed by atoms with Crippen molar-refractivity contribution in [3.8, 4) is 0 Å². The van der Waals surface area contributed by atoms with E-state index in [-0.39, 0.29) is 6.04 Å². The van der Waals surface area contributed by atoms with Crippen molar-refractivity contribution in [1.82, 2.24) is 4.98 Å². The van der Waals surface area contributed by atoms with Gasteiger partial charge in [-0.15, -0.1) is 0 Å². The van der Waals surface area contributed by atoms with Crippen molar-refractivity contribution in [2.24, 2.45) is 5.73 Å². The number of rotatable bonds is 0. The van der Waals surface area contributed by atoms with Crippen molar-refractivity contribution in [2.45, 2.75) is 25.3 Å². The highest BCUT2D eigenvalue weighted by Gasteiger charge is 2.21. The number of nitrogens with two attached hydrogens (primary N) is 1. The number of halogens is 1. The highest BCUT2D eigenvalue weighted by Crippen LogP contribution is 2.34. The third-order valence-corrected chi connectivity index (χ3v) is 3.71. The second-order valence-corrected chi connectivity index (χ2v) is 5.12. The second kappa shape index (κ2) is 3.35. The molecule has 2 nitrogen and oxygen atoms in total. The predicted molar refractivity (Wildman–Crippen MR) is 65.9 cm³/mol. The summed E-state index contributed by atoms with van der Waals surface area (Å²) in [7, 11) is 0. The smallest absolute Gasteiger partial charge is 0.0460 e. The Balaban J connectivity index is 2.31. The lowest BCUT2D eigenvalue weighted by Gasteiger charge is -2.18. The summed E-state index contributed by atoms with van der Waals surface area (Å²) in [5.41, 5.74) is 9.98. The van der Waals surface area contributed by atoms with Gasteiger partial charge >= 0.3 is 0 Å². The number of aromatic amines is 1. The molecule has 0 saturated heterocycles. The predicted octanol–water partition coefficient (Wildman–Crippen LogP) is 3.27. The largest absolute Gasteiger partial charge is 0.357 e. The van der Waals surface area contributed by atoms with Crippen LogP contribution < -0.4 is 5.73 Å². The zero-order valence-corrected chi connectivity index (χ0v) is 9.97. The normalized spacial score (nSPS) is 20.5. The van der Waals surface area contributed by atoms with Crippen molar-refractivity contribution < 1.29 is 0 Å². The molecular weight excluding hydrogens is 252 g/mol. The van der Waals surface area contributed by atoms with Crippen LogP contribution in [0.15, 0.2) is 22.7 Å². The molecule has 1 aliphatic carbocycles. The molecule has 0 unspecified atom stereocenters. The molecule has 0 radical (unpaired) electrons. The van der Waals surface area contributed by atoms with Crippen molar-refractivity contribution in [3.63, 3.8) is 0 Å². The van der Waals surface area contributed by atoms with Gasteiger partial charge in [-0.05, 0) is 43.0 Å². The Bertz CT molecular complexity index is 516. The average molecular weight is 265 g/mol. The molecule has 1 atom stereocenters. The van der Waals surface area contributed by atoms with E-state index in [1.165, 1.54) is 28.6 Å². The van der Waals surface area contributed by atoms with Crippen molar-refractivity contribution in [2.75, 3.05) is 0 Å². The maximum absolute atomic E-state index is 6.11. The molecule has 78 valence electrons. The molecule has 0 saturated carbocycles. The molecule has 0 bridgehead atoms. The maximum Gasteiger partial charge on any atom is 0.0460 e. The minimum atomic E-state index is 0.194. The number of hydrogen-bond donors (Lipinski definition) is 2. The summed E-state index contributed by atoms with van der Waals surface area (Å²) in [6.07, 6.45) is 3.45. The van der Waals surface area contributed by atoms with Crippen LogP contribution in [0, 0.1) is 0 Å². The van der Waals surface area contributed by atoms with Gasteiger partial charge in [-0.1, -0.05) is 15.9 Å². The Kier molecular flexibility index (Phi) is 2.11. The van der Waals surface area contributed by atoms with Crippen LogP contribution in [0.3, 0.4) is 0 Å². The zero-order valence-electron chi connectivity index (χ0n) is 8.39. The van der Waals surface area contributed by atoms with Crippen LogP contribution in [0.5, 0.6) is 0 Å². The number of aromatic nitrogens is 1. The fraction of sp³-hybridized carbons (Fsp3) is 0.333. The van der Waals surface area contributed by atoms with Gasteiger partial charge in [0.05, 0.1) is 0 Å². The fourth-order valence-electron chi connectivity index (χ4n) is 2.47. The molecule has 3 heteroatoms. The molecular formula is C12H13BrN2. The monoisotopic (exact) mass is 264 g/mol. The van der Waals surface area contributed by atoms with Gasteiger partial charge in [-0.2, -0.15) is 0 Å². The maximum atomic E-state index is 6.11. The Morgan fingerprint density at radius 2 is 2.27 bits per heavy atom. The lowest BCUT2D eigenvalue weighted by molar-refractivity contribution is 0.562. The number of aryl methyl sites for hydroxylation is 1. The van der Waals surface area contributed by atoms with E-state index < -0.39 is 0 Å². The number of benzene rings is 1. The van der Waals surface area contributed by atoms with E-state index in [1.54, 1.807) is 0 Å². The van der Waals surface area contributed by atoms with Gasteiger partial charge < -0.3 is 10.7 Å². The molecule has 1 aromatic heterocycles. The van der Waals surface area contributed by atoms with Gasteiger partial charge in [0.1, 0.15) is 0 Å². The van der Waals surface area contributed by atoms with Gasteiger partial charge in [0.15, 0.2) is 0 Å². The molecule has 0 amide bonds. The van der Waals surface area contributed by atoms with E-state index in [1.807, 2.05) is 0 Å². The first-order chi connectivity index (χ1) is 7.25. The van der Waals surface area contributed by atoms with Gasteiger partial charge in [0.25, 0.3) is 0 Å². The lowest BCUT2D eigenvalue weighted by atomic mass is 9.92. The van der Waals surface area contributed by atoms with Gasteiger partial charge in [0, 0.05) is 27.1 Å². The topological polar surface area (TPSA) is 41.8 Å². The minimum Gasteiger partial charge on any atom is -0.357 e. The van der Waals surface area contributed by atoms with Crippen LogP contribution in [0.2, 0.25) is 0 Å². The summed E-state index contributed by atoms with van der Waals surface area (Å²) >= 11 is 3.51. The average Bonchev–Trinajstić information content (AvgIpc) is 2.58. The zero-order chi connectivity index (χ0) is 10.4. The Morgan fingerprint density at radius 1 is 1.40 bits per heavy atom. The Hall–Kier alpha value is -0.800. The molecule has 3 rings (SSSR count). The van der Waals surface area contributed by atoms with E-state index in [0.29, 0.717) is 0 Å². The standard InChI is InChI=1S/C12H13BrN2/c13-7-4-5-11-9(6-7)8-2-1-3-10(14)12(8)15-11/h4-6,10,15H,1-3,14H2/t10-/m1/s1. The molecule has 15 heavy (non-hydrogen) atoms. The second-order valence-electron chi connectivity index (χ2n) is 4.21. The Labute approximate surface area is 97.0 Å². The summed E-state index contributed by atoms with van der Waals surface area (Å²) in [5, 5.41) is 1.33. The van der Waals surface area contributed by atoms with Crippen molar-refractivity contribution >= 4 is 26.8 Å². The first-order valence-corrected chi connectivity index (χ1v) is 6.10. The molecule has 2 aromatic rings. The SMILES string of the molecule is N[C@@H]1CCCc2c1[nH]c1ccc(Br)cc21. The molecule has 1 aromatic carbocycles. The fourth-order valence-corrected chi connectivity index (χ4v) is 2.83. The molecule has 0 aliphatic heterocycles. The molecule has 3 N–H and O–H groups in total. The van der Waals surface area contributed by atoms with Crippen molar-refractivity contribution in [3.05, 3.63) is 33.9 Å². The third-order valence-electron chi connectivity index (χ3n) is 3.21. The van der Waals surface area contributed by atoms with Crippen LogP contribution in [0.1, 0.15) is 30.1 Å². The first kappa shape index (κ1) is 9.43. The lowest BCUT2D eigenvalue weighted by Crippen LogP contribution is -2.16. The summed E-state index contributed by atoms with van der Waals surface area (Å²) in [6.45, 7) is 0. The van der Waals surface area contributed by atoms with Crippen LogP contribution in [-0.4, -0.2) is 4.98 Å². The highest BCUT2D eigenvalue weighted by atomic mass is 79.9. The summed E-state index contributed by atoms with van der Waals surface area (Å²) in [5.74, 6) is 0. The van der Waals surface area contributed by atoms with Crippen LogP contribution >= 0.6 is 15.9 Å². The van der Waals surface area contributed by atoms with Crippen LogP contribution in [0.4, 0.5) is 0 Å². The molecule has 1 aliphatic rings. The number of H-pyrrole nitrogens is 1. The van der Waals surface area contributed by atoms with Gasteiger partial charge in [-0.25, -0.2) is 0 Å². The summed E-state index contributed by atoms with van der Waals surface area (Å²) < 4.78 is 1.14.